The Morgan fingerprint density at radius 3 is 2.74 bits per heavy atom. The third-order valence-electron chi connectivity index (χ3n) is 2.82. The molecule has 0 aliphatic heterocycles. The van der Waals surface area contributed by atoms with Gasteiger partial charge in [-0.1, -0.05) is 11.6 Å². The molecule has 0 aliphatic rings. The molecular weight excluding hydrogens is 264 g/mol. The van der Waals surface area contributed by atoms with Crippen LogP contribution in [0.3, 0.4) is 0 Å². The summed E-state index contributed by atoms with van der Waals surface area (Å²) in [6.07, 6.45) is 3.57. The van der Waals surface area contributed by atoms with Crippen LogP contribution < -0.4 is 10.1 Å². The third-order valence-corrected chi connectivity index (χ3v) is 3.23. The maximum atomic E-state index is 12.1. The molecule has 0 saturated heterocycles. The van der Waals surface area contributed by atoms with Crippen LogP contribution in [0.2, 0.25) is 5.02 Å². The van der Waals surface area contributed by atoms with Gasteiger partial charge in [-0.15, -0.1) is 0 Å². The van der Waals surface area contributed by atoms with E-state index in [9.17, 15) is 4.79 Å². The topological polar surface area (TPSA) is 43.3 Å². The molecule has 5 heteroatoms. The number of nitrogens with one attached hydrogen (secondary N) is 1. The first-order chi connectivity index (χ1) is 9.01. The van der Waals surface area contributed by atoms with E-state index in [0.29, 0.717) is 22.0 Å². The average molecular weight is 279 g/mol. The van der Waals surface area contributed by atoms with Crippen molar-refractivity contribution in [1.82, 2.24) is 4.57 Å². The van der Waals surface area contributed by atoms with Crippen molar-refractivity contribution in [2.45, 2.75) is 6.92 Å². The maximum absolute atomic E-state index is 12.1. The fourth-order valence-electron chi connectivity index (χ4n) is 1.76. The number of nitrogens with zero attached hydrogens (tertiary/aromatic N) is 1. The molecule has 19 heavy (non-hydrogen) atoms. The summed E-state index contributed by atoms with van der Waals surface area (Å²) in [5.74, 6) is 0.362. The lowest BCUT2D eigenvalue weighted by Gasteiger charge is -2.11. The highest BCUT2D eigenvalue weighted by molar-refractivity contribution is 6.31. The van der Waals surface area contributed by atoms with Crippen molar-refractivity contribution in [3.63, 3.8) is 0 Å². The minimum Gasteiger partial charge on any atom is -0.495 e. The van der Waals surface area contributed by atoms with E-state index >= 15 is 0 Å². The van der Waals surface area contributed by atoms with Crippen LogP contribution in [0.25, 0.3) is 0 Å². The second kappa shape index (κ2) is 5.36. The fraction of sp³-hybridized carbons (Fsp3) is 0.214. The Hall–Kier alpha value is -1.94. The van der Waals surface area contributed by atoms with Gasteiger partial charge < -0.3 is 14.6 Å². The first kappa shape index (κ1) is 13.5. The summed E-state index contributed by atoms with van der Waals surface area (Å²) in [7, 11) is 3.41. The molecule has 1 heterocycles. The molecule has 0 spiro atoms. The number of aryl methyl sites for hydroxylation is 2. The van der Waals surface area contributed by atoms with Crippen LogP contribution >= 0.6 is 11.6 Å². The summed E-state index contributed by atoms with van der Waals surface area (Å²) in [5, 5.41) is 3.43. The number of rotatable bonds is 3. The lowest BCUT2D eigenvalue weighted by Crippen LogP contribution is -2.12. The molecule has 1 amide bonds. The van der Waals surface area contributed by atoms with E-state index in [4.69, 9.17) is 16.3 Å². The molecular formula is C14H15ClN2O2. The largest absolute Gasteiger partial charge is 0.495 e. The first-order valence-corrected chi connectivity index (χ1v) is 6.16. The van der Waals surface area contributed by atoms with Gasteiger partial charge in [0.2, 0.25) is 0 Å². The minimum atomic E-state index is -0.180. The number of anilines is 1. The smallest absolute Gasteiger partial charge is 0.257 e. The number of aromatic nitrogens is 1. The Labute approximate surface area is 116 Å². The van der Waals surface area contributed by atoms with Gasteiger partial charge in [0, 0.05) is 30.5 Å². The zero-order chi connectivity index (χ0) is 14.0. The highest BCUT2D eigenvalue weighted by atomic mass is 35.5. The predicted molar refractivity (Wildman–Crippen MR) is 76.1 cm³/mol. The Kier molecular flexibility index (Phi) is 3.81. The van der Waals surface area contributed by atoms with Gasteiger partial charge in [0.05, 0.1) is 18.4 Å². The van der Waals surface area contributed by atoms with E-state index in [0.717, 1.165) is 5.56 Å². The van der Waals surface area contributed by atoms with Crippen molar-refractivity contribution in [3.05, 3.63) is 46.7 Å². The van der Waals surface area contributed by atoms with E-state index in [1.165, 1.54) is 0 Å². The van der Waals surface area contributed by atoms with Gasteiger partial charge in [-0.05, 0) is 24.6 Å². The van der Waals surface area contributed by atoms with Crippen molar-refractivity contribution >= 4 is 23.2 Å². The predicted octanol–water partition coefficient (Wildman–Crippen LogP) is 3.25. The van der Waals surface area contributed by atoms with E-state index < -0.39 is 0 Å². The molecule has 2 aromatic rings. The molecule has 0 aliphatic carbocycles. The molecule has 1 aromatic carbocycles. The second-order valence-electron chi connectivity index (χ2n) is 4.32. The summed E-state index contributed by atoms with van der Waals surface area (Å²) in [5.41, 5.74) is 2.08. The molecule has 0 radical (unpaired) electrons. The van der Waals surface area contributed by atoms with Gasteiger partial charge in [0.15, 0.2) is 0 Å². The molecule has 0 unspecified atom stereocenters. The molecule has 0 bridgehead atoms. The number of halogens is 1. The highest BCUT2D eigenvalue weighted by Gasteiger charge is 2.12. The summed E-state index contributed by atoms with van der Waals surface area (Å²) >= 11 is 6.03. The van der Waals surface area contributed by atoms with Gasteiger partial charge in [0.1, 0.15) is 5.75 Å². The number of methoxy groups -OCH3 is 1. The zero-order valence-electron chi connectivity index (χ0n) is 11.0. The van der Waals surface area contributed by atoms with Crippen LogP contribution in [0.1, 0.15) is 15.9 Å². The van der Waals surface area contributed by atoms with Crippen molar-refractivity contribution in [2.75, 3.05) is 12.4 Å². The zero-order valence-corrected chi connectivity index (χ0v) is 11.8. The van der Waals surface area contributed by atoms with Crippen LogP contribution in [0.5, 0.6) is 5.75 Å². The molecule has 2 rings (SSSR count). The number of hydrogen-bond acceptors (Lipinski definition) is 2. The van der Waals surface area contributed by atoms with Crippen molar-refractivity contribution < 1.29 is 9.53 Å². The molecule has 4 nitrogen and oxygen atoms in total. The van der Waals surface area contributed by atoms with Gasteiger partial charge in [0.25, 0.3) is 5.91 Å². The monoisotopic (exact) mass is 278 g/mol. The Balaban J connectivity index is 2.28. The molecule has 0 atom stereocenters. The highest BCUT2D eigenvalue weighted by Crippen LogP contribution is 2.31. The molecule has 1 aromatic heterocycles. The summed E-state index contributed by atoms with van der Waals surface area (Å²) < 4.78 is 7.04. The average Bonchev–Trinajstić information content (AvgIpc) is 2.80. The molecule has 1 N–H and O–H groups in total. The number of carbonyl (C=O) groups is 1. The third kappa shape index (κ3) is 2.90. The van der Waals surface area contributed by atoms with Crippen LogP contribution in [-0.2, 0) is 7.05 Å². The van der Waals surface area contributed by atoms with Crippen LogP contribution in [0, 0.1) is 6.92 Å². The summed E-state index contributed by atoms with van der Waals surface area (Å²) in [6.45, 7) is 1.87. The first-order valence-electron chi connectivity index (χ1n) is 5.78. The standard InChI is InChI=1S/C14H15ClN2O2/c1-9-6-12(13(19-3)7-11(9)15)16-14(18)10-4-5-17(2)8-10/h4-8H,1-3H3,(H,16,18). The second-order valence-corrected chi connectivity index (χ2v) is 4.73. The number of ether oxygens (including phenoxy) is 1. The Bertz CT molecular complexity index is 620. The molecule has 100 valence electrons. The molecule has 0 fully saturated rings. The number of amides is 1. The Morgan fingerprint density at radius 2 is 2.16 bits per heavy atom. The van der Waals surface area contributed by atoms with Crippen molar-refractivity contribution in [1.29, 1.82) is 0 Å². The lowest BCUT2D eigenvalue weighted by atomic mass is 10.2. The van der Waals surface area contributed by atoms with Gasteiger partial charge in [-0.25, -0.2) is 0 Å². The van der Waals surface area contributed by atoms with Gasteiger partial charge in [-0.2, -0.15) is 0 Å². The van der Waals surface area contributed by atoms with Crippen LogP contribution in [0.4, 0.5) is 5.69 Å². The number of carbonyl (C=O) groups excluding carboxylic acids is 1. The normalized spacial score (nSPS) is 10.3. The number of benzene rings is 1. The Morgan fingerprint density at radius 1 is 1.42 bits per heavy atom. The minimum absolute atomic E-state index is 0.180. The van der Waals surface area contributed by atoms with Gasteiger partial charge >= 0.3 is 0 Å². The summed E-state index contributed by atoms with van der Waals surface area (Å²) in [6, 6.07) is 5.24. The van der Waals surface area contributed by atoms with Crippen LogP contribution in [-0.4, -0.2) is 17.6 Å². The van der Waals surface area contributed by atoms with Crippen LogP contribution in [0.15, 0.2) is 30.6 Å². The van der Waals surface area contributed by atoms with E-state index in [-0.39, 0.29) is 5.91 Å². The van der Waals surface area contributed by atoms with E-state index in [2.05, 4.69) is 5.32 Å². The number of hydrogen-bond donors (Lipinski definition) is 1. The van der Waals surface area contributed by atoms with E-state index in [1.54, 1.807) is 31.5 Å². The van der Waals surface area contributed by atoms with E-state index in [1.807, 2.05) is 24.7 Å². The summed E-state index contributed by atoms with van der Waals surface area (Å²) in [4.78, 5) is 12.1. The maximum Gasteiger partial charge on any atom is 0.257 e. The van der Waals surface area contributed by atoms with Gasteiger partial charge in [-0.3, -0.25) is 4.79 Å². The quantitative estimate of drug-likeness (QED) is 0.936. The fourth-order valence-corrected chi connectivity index (χ4v) is 1.92. The van der Waals surface area contributed by atoms with Crippen molar-refractivity contribution in [2.24, 2.45) is 7.05 Å². The lowest BCUT2D eigenvalue weighted by molar-refractivity contribution is 0.102. The SMILES string of the molecule is COc1cc(Cl)c(C)cc1NC(=O)c1ccn(C)c1. The van der Waals surface area contributed by atoms with Crippen molar-refractivity contribution in [3.8, 4) is 5.75 Å². The molecule has 0 saturated carbocycles.